The Morgan fingerprint density at radius 1 is 1.16 bits per heavy atom. The van der Waals surface area contributed by atoms with Gasteiger partial charge in [0.15, 0.2) is 5.69 Å². The molecule has 5 heterocycles. The molecule has 0 radical (unpaired) electrons. The lowest BCUT2D eigenvalue weighted by Crippen LogP contribution is -2.58. The number of hydrogen-bond donors (Lipinski definition) is 1. The van der Waals surface area contributed by atoms with Crippen LogP contribution < -0.4 is 20.1 Å². The number of hydrogen-bond acceptors (Lipinski definition) is 8. The molecule has 1 saturated heterocycles. The highest BCUT2D eigenvalue weighted by Gasteiger charge is 2.50. The summed E-state index contributed by atoms with van der Waals surface area (Å²) >= 11 is 0. The van der Waals surface area contributed by atoms with Crippen LogP contribution in [0.2, 0.25) is 0 Å². The number of fused-ring (bicyclic) bond motifs is 2. The number of rotatable bonds is 8. The van der Waals surface area contributed by atoms with Crippen molar-refractivity contribution in [1.82, 2.24) is 19.9 Å². The van der Waals surface area contributed by atoms with Crippen LogP contribution in [0.1, 0.15) is 50.1 Å². The minimum atomic E-state index is -4.64. The number of carbonyl (C=O) groups is 1. The zero-order valence-corrected chi connectivity index (χ0v) is 24.7. The Hall–Kier alpha value is -3.93. The average molecular weight is 599 g/mol. The van der Waals surface area contributed by atoms with E-state index in [-0.39, 0.29) is 36.4 Å². The smallest absolute Gasteiger partial charge is 0.435 e. The summed E-state index contributed by atoms with van der Waals surface area (Å²) in [5, 5.41) is 0. The van der Waals surface area contributed by atoms with Gasteiger partial charge in [-0.2, -0.15) is 13.2 Å². The highest BCUT2D eigenvalue weighted by molar-refractivity contribution is 5.77. The molecule has 2 atom stereocenters. The maximum absolute atomic E-state index is 14.1. The molecule has 1 amide bonds. The van der Waals surface area contributed by atoms with E-state index in [0.29, 0.717) is 57.2 Å². The van der Waals surface area contributed by atoms with Gasteiger partial charge in [-0.05, 0) is 49.1 Å². The average Bonchev–Trinajstić information content (AvgIpc) is 3.01. The Labute approximate surface area is 249 Å². The fourth-order valence-electron chi connectivity index (χ4n) is 6.57. The number of halogens is 3. The van der Waals surface area contributed by atoms with Gasteiger partial charge in [0, 0.05) is 50.3 Å². The molecule has 43 heavy (non-hydrogen) atoms. The van der Waals surface area contributed by atoms with Gasteiger partial charge < -0.3 is 25.0 Å². The predicted molar refractivity (Wildman–Crippen MR) is 156 cm³/mol. The van der Waals surface area contributed by atoms with E-state index in [1.54, 1.807) is 11.1 Å². The van der Waals surface area contributed by atoms with Crippen molar-refractivity contribution >= 4 is 11.6 Å². The molecule has 12 heteroatoms. The van der Waals surface area contributed by atoms with Crippen LogP contribution in [0.5, 0.6) is 11.8 Å². The minimum absolute atomic E-state index is 0.0298. The third kappa shape index (κ3) is 5.84. The zero-order valence-electron chi connectivity index (χ0n) is 24.7. The summed E-state index contributed by atoms with van der Waals surface area (Å²) in [5.74, 6) is 0.260. The number of pyridine rings is 3. The molecule has 1 fully saturated rings. The molecule has 0 bridgehead atoms. The second-order valence-electron chi connectivity index (χ2n) is 10.9. The van der Waals surface area contributed by atoms with E-state index < -0.39 is 17.3 Å². The molecule has 1 spiro atoms. The molecule has 5 rings (SSSR count). The van der Waals surface area contributed by atoms with Gasteiger partial charge >= 0.3 is 6.18 Å². The van der Waals surface area contributed by atoms with Gasteiger partial charge in [-0.3, -0.25) is 9.78 Å². The van der Waals surface area contributed by atoms with Gasteiger partial charge in [0.05, 0.1) is 42.9 Å². The van der Waals surface area contributed by atoms with Crippen LogP contribution >= 0.6 is 0 Å². The van der Waals surface area contributed by atoms with Gasteiger partial charge in [-0.15, -0.1) is 0 Å². The van der Waals surface area contributed by atoms with Gasteiger partial charge in [0.25, 0.3) is 0 Å². The molecule has 3 aromatic heterocycles. The van der Waals surface area contributed by atoms with Crippen LogP contribution in [0, 0.1) is 5.92 Å². The first-order chi connectivity index (χ1) is 20.6. The lowest BCUT2D eigenvalue weighted by molar-refractivity contribution is -0.141. The van der Waals surface area contributed by atoms with E-state index in [1.807, 2.05) is 36.9 Å². The highest BCUT2D eigenvalue weighted by Crippen LogP contribution is 2.48. The maximum atomic E-state index is 14.1. The number of alkyl halides is 3. The zero-order chi connectivity index (χ0) is 30.8. The molecule has 9 nitrogen and oxygen atoms in total. The topological polar surface area (TPSA) is 107 Å². The van der Waals surface area contributed by atoms with Crippen LogP contribution in [0.15, 0.2) is 42.6 Å². The van der Waals surface area contributed by atoms with E-state index in [2.05, 4.69) is 16.0 Å². The molecular formula is C31H37F3N6O3. The Morgan fingerprint density at radius 2 is 1.98 bits per heavy atom. The largest absolute Gasteiger partial charge is 0.481 e. The van der Waals surface area contributed by atoms with Crippen molar-refractivity contribution in [2.45, 2.75) is 51.2 Å². The standard InChI is InChI=1S/C31H37F3N6O3/c1-4-20-17-39(25-10-11-26(42-3)38-28(25)31(32,33)34)16-13-30(20)19-40(27(41)12-14-35)18-24-22(30)8-9-23(37-24)21-7-6-15-36-29(21)43-5-2/h6-11,15,20H,4-5,12-14,16-19,35H2,1-3H3. The third-order valence-corrected chi connectivity index (χ3v) is 8.57. The SMILES string of the molecule is CCOc1ncccc1-c1ccc2c(n1)CN(C(=O)CCN)CC21CCN(c2ccc(OC)nc2C(F)(F)F)CC1CC. The van der Waals surface area contributed by atoms with Crippen molar-refractivity contribution in [3.8, 4) is 23.0 Å². The summed E-state index contributed by atoms with van der Waals surface area (Å²) in [4.78, 5) is 30.0. The van der Waals surface area contributed by atoms with E-state index in [9.17, 15) is 18.0 Å². The van der Waals surface area contributed by atoms with E-state index >= 15 is 0 Å². The van der Waals surface area contributed by atoms with Crippen LogP contribution in [0.3, 0.4) is 0 Å². The van der Waals surface area contributed by atoms with Crippen molar-refractivity contribution in [3.63, 3.8) is 0 Å². The van der Waals surface area contributed by atoms with Gasteiger partial charge in [0.2, 0.25) is 17.7 Å². The molecule has 0 aliphatic carbocycles. The summed E-state index contributed by atoms with van der Waals surface area (Å²) in [7, 11) is 1.30. The maximum Gasteiger partial charge on any atom is 0.435 e. The number of amides is 1. The van der Waals surface area contributed by atoms with Gasteiger partial charge in [-0.25, -0.2) is 9.97 Å². The summed E-state index contributed by atoms with van der Waals surface area (Å²) in [5.41, 5.74) is 7.56. The van der Waals surface area contributed by atoms with Gasteiger partial charge in [-0.1, -0.05) is 19.4 Å². The van der Waals surface area contributed by atoms with E-state index in [0.717, 1.165) is 16.8 Å². The normalized spacial score (nSPS) is 20.2. The van der Waals surface area contributed by atoms with Crippen LogP contribution in [0.25, 0.3) is 11.3 Å². The summed E-state index contributed by atoms with van der Waals surface area (Å²) in [6.07, 6.45) is -1.55. The first kappa shape index (κ1) is 30.5. The van der Waals surface area contributed by atoms with Crippen LogP contribution in [-0.4, -0.2) is 65.7 Å². The third-order valence-electron chi connectivity index (χ3n) is 8.57. The number of anilines is 1. The molecule has 2 unspecified atom stereocenters. The number of methoxy groups -OCH3 is 1. The molecule has 2 aliphatic rings. The number of ether oxygens (including phenoxy) is 2. The molecule has 3 aromatic rings. The Morgan fingerprint density at radius 3 is 2.67 bits per heavy atom. The predicted octanol–water partition coefficient (Wildman–Crippen LogP) is 4.83. The fourth-order valence-corrected chi connectivity index (χ4v) is 6.57. The van der Waals surface area contributed by atoms with Crippen LogP contribution in [0.4, 0.5) is 18.9 Å². The molecule has 0 aromatic carbocycles. The van der Waals surface area contributed by atoms with Crippen LogP contribution in [-0.2, 0) is 22.9 Å². The first-order valence-corrected chi connectivity index (χ1v) is 14.6. The summed E-state index contributed by atoms with van der Waals surface area (Å²) in [6, 6.07) is 10.6. The Bertz CT molecular complexity index is 1470. The second kappa shape index (κ2) is 12.4. The second-order valence-corrected chi connectivity index (χ2v) is 10.9. The minimum Gasteiger partial charge on any atom is -0.481 e. The summed E-state index contributed by atoms with van der Waals surface area (Å²) < 4.78 is 53.0. The van der Waals surface area contributed by atoms with Crippen molar-refractivity contribution in [2.24, 2.45) is 11.7 Å². The lowest BCUT2D eigenvalue weighted by atomic mass is 9.62. The van der Waals surface area contributed by atoms with Gasteiger partial charge in [0.1, 0.15) is 0 Å². The number of nitrogens with two attached hydrogens (primary N) is 1. The Balaban J connectivity index is 1.56. The summed E-state index contributed by atoms with van der Waals surface area (Å²) in [6.45, 7) is 6.11. The van der Waals surface area contributed by atoms with E-state index in [4.69, 9.17) is 20.2 Å². The molecule has 2 N–H and O–H groups in total. The number of carbonyl (C=O) groups excluding carboxylic acids is 1. The number of aromatic nitrogens is 3. The van der Waals surface area contributed by atoms with Crippen molar-refractivity contribution in [2.75, 3.05) is 44.8 Å². The van der Waals surface area contributed by atoms with E-state index in [1.165, 1.54) is 19.2 Å². The molecule has 2 aliphatic heterocycles. The highest BCUT2D eigenvalue weighted by atomic mass is 19.4. The monoisotopic (exact) mass is 598 g/mol. The molecular weight excluding hydrogens is 561 g/mol. The van der Waals surface area contributed by atoms with Crippen molar-refractivity contribution in [3.05, 3.63) is 59.5 Å². The molecule has 230 valence electrons. The van der Waals surface area contributed by atoms with Crippen molar-refractivity contribution < 1.29 is 27.4 Å². The fraction of sp³-hybridized carbons (Fsp3) is 0.484. The quantitative estimate of drug-likeness (QED) is 0.393. The first-order valence-electron chi connectivity index (χ1n) is 14.6. The Kier molecular flexibility index (Phi) is 8.77. The number of nitrogens with zero attached hydrogens (tertiary/aromatic N) is 5. The molecule has 0 saturated carbocycles. The lowest BCUT2D eigenvalue weighted by Gasteiger charge is -2.53. The number of piperidine rings is 1. The van der Waals surface area contributed by atoms with Crippen molar-refractivity contribution in [1.29, 1.82) is 0 Å².